The second kappa shape index (κ2) is 8.87. The van der Waals surface area contributed by atoms with Crippen molar-refractivity contribution >= 4 is 28.3 Å². The van der Waals surface area contributed by atoms with Crippen LogP contribution in [0, 0.1) is 5.82 Å². The molecule has 1 aliphatic rings. The molecule has 0 bridgehead atoms. The molecular weight excluding hydrogens is 423 g/mol. The van der Waals surface area contributed by atoms with Gasteiger partial charge in [0.1, 0.15) is 23.1 Å². The highest BCUT2D eigenvalue weighted by molar-refractivity contribution is 5.95. The molecule has 1 amide bonds. The fourth-order valence-corrected chi connectivity index (χ4v) is 3.91. The molecule has 0 spiro atoms. The van der Waals surface area contributed by atoms with Gasteiger partial charge in [-0.3, -0.25) is 9.78 Å². The van der Waals surface area contributed by atoms with Gasteiger partial charge in [-0.05, 0) is 42.5 Å². The Morgan fingerprint density at radius 1 is 1.12 bits per heavy atom. The first-order valence-corrected chi connectivity index (χ1v) is 10.7. The Kier molecular flexibility index (Phi) is 5.62. The van der Waals surface area contributed by atoms with Crippen LogP contribution in [0.3, 0.4) is 0 Å². The smallest absolute Gasteiger partial charge is 0.254 e. The van der Waals surface area contributed by atoms with Gasteiger partial charge in [0.05, 0.1) is 30.9 Å². The Labute approximate surface area is 189 Å². The number of benzene rings is 2. The summed E-state index contributed by atoms with van der Waals surface area (Å²) in [6.45, 7) is 2.96. The second-order valence-corrected chi connectivity index (χ2v) is 7.79. The van der Waals surface area contributed by atoms with Crippen molar-refractivity contribution < 1.29 is 13.9 Å². The third-order valence-corrected chi connectivity index (χ3v) is 5.61. The molecule has 9 heteroatoms. The van der Waals surface area contributed by atoms with Crippen molar-refractivity contribution in [3.63, 3.8) is 0 Å². The van der Waals surface area contributed by atoms with E-state index in [1.807, 2.05) is 11.0 Å². The van der Waals surface area contributed by atoms with Gasteiger partial charge in [-0.15, -0.1) is 0 Å². The highest BCUT2D eigenvalue weighted by atomic mass is 19.1. The molecule has 5 rings (SSSR count). The molecule has 0 aliphatic carbocycles. The summed E-state index contributed by atoms with van der Waals surface area (Å²) in [5.41, 5.74) is 3.40. The number of methoxy groups -OCH3 is 1. The van der Waals surface area contributed by atoms with E-state index >= 15 is 0 Å². The number of rotatable bonds is 5. The van der Waals surface area contributed by atoms with E-state index in [0.717, 1.165) is 29.7 Å². The Morgan fingerprint density at radius 3 is 2.79 bits per heavy atom. The molecule has 2 aromatic heterocycles. The van der Waals surface area contributed by atoms with Crippen molar-refractivity contribution in [2.75, 3.05) is 38.6 Å². The lowest BCUT2D eigenvalue weighted by molar-refractivity contribution is 0.0735. The van der Waals surface area contributed by atoms with Gasteiger partial charge in [0.15, 0.2) is 0 Å². The number of carbonyl (C=O) groups is 1. The fraction of sp³-hybridized carbons (Fsp3) is 0.208. The minimum atomic E-state index is -0.291. The van der Waals surface area contributed by atoms with Crippen molar-refractivity contribution in [2.24, 2.45) is 0 Å². The van der Waals surface area contributed by atoms with Crippen molar-refractivity contribution in [1.82, 2.24) is 25.2 Å². The molecule has 4 aromatic rings. The molecule has 0 saturated carbocycles. The number of nitrogens with zero attached hydrogens (tertiary/aromatic N) is 3. The lowest BCUT2D eigenvalue weighted by atomic mass is 10.1. The van der Waals surface area contributed by atoms with Gasteiger partial charge in [-0.2, -0.15) is 0 Å². The molecule has 1 saturated heterocycles. The lowest BCUT2D eigenvalue weighted by Gasteiger charge is -2.27. The van der Waals surface area contributed by atoms with Crippen LogP contribution >= 0.6 is 0 Å². The van der Waals surface area contributed by atoms with Crippen molar-refractivity contribution in [3.05, 3.63) is 66.2 Å². The minimum Gasteiger partial charge on any atom is -0.495 e. The van der Waals surface area contributed by atoms with Crippen molar-refractivity contribution in [1.29, 1.82) is 0 Å². The highest BCUT2D eigenvalue weighted by Crippen LogP contribution is 2.30. The molecule has 168 valence electrons. The number of carbonyl (C=O) groups excluding carboxylic acids is 1. The second-order valence-electron chi connectivity index (χ2n) is 7.79. The summed E-state index contributed by atoms with van der Waals surface area (Å²) in [7, 11) is 1.56. The number of ether oxygens (including phenoxy) is 1. The van der Waals surface area contributed by atoms with Gasteiger partial charge >= 0.3 is 0 Å². The summed E-state index contributed by atoms with van der Waals surface area (Å²) in [6.07, 6.45) is 3.24. The number of H-pyrrole nitrogens is 1. The van der Waals surface area contributed by atoms with Gasteiger partial charge in [0.25, 0.3) is 5.91 Å². The first-order chi connectivity index (χ1) is 16.1. The van der Waals surface area contributed by atoms with E-state index in [4.69, 9.17) is 4.74 Å². The number of piperazine rings is 1. The summed E-state index contributed by atoms with van der Waals surface area (Å²) in [5.74, 6) is 0.736. The number of aromatic nitrogens is 3. The van der Waals surface area contributed by atoms with E-state index in [2.05, 4.69) is 25.6 Å². The SMILES string of the molecule is COc1cc(C(=O)N2CCNCC2)ccc1Nc1cncc(-c2cc3cc(F)ccc3[nH]2)n1. The first kappa shape index (κ1) is 20.9. The van der Waals surface area contributed by atoms with E-state index < -0.39 is 0 Å². The number of halogens is 1. The third kappa shape index (κ3) is 4.35. The largest absolute Gasteiger partial charge is 0.495 e. The predicted octanol–water partition coefficient (Wildman–Crippen LogP) is 3.56. The van der Waals surface area contributed by atoms with Crippen LogP contribution in [0.5, 0.6) is 5.75 Å². The zero-order chi connectivity index (χ0) is 22.8. The zero-order valence-electron chi connectivity index (χ0n) is 18.1. The van der Waals surface area contributed by atoms with Crippen molar-refractivity contribution in [3.8, 4) is 17.1 Å². The molecule has 1 fully saturated rings. The van der Waals surface area contributed by atoms with Gasteiger partial charge < -0.3 is 25.3 Å². The molecule has 3 heterocycles. The van der Waals surface area contributed by atoms with Crippen LogP contribution in [0.2, 0.25) is 0 Å². The summed E-state index contributed by atoms with van der Waals surface area (Å²) in [4.78, 5) is 26.8. The standard InChI is InChI=1S/C24H23FN6O2/c1-33-22-12-15(24(32)31-8-6-26-7-9-31)2-4-19(22)29-23-14-27-13-21(30-23)20-11-16-10-17(25)3-5-18(16)28-20/h2-5,10-14,26,28H,6-9H2,1H3,(H,29,30). The van der Waals surface area contributed by atoms with Gasteiger partial charge in [-0.1, -0.05) is 0 Å². The monoisotopic (exact) mass is 446 g/mol. The van der Waals surface area contributed by atoms with E-state index in [9.17, 15) is 9.18 Å². The summed E-state index contributed by atoms with van der Waals surface area (Å²) in [6, 6.07) is 11.7. The fourth-order valence-electron chi connectivity index (χ4n) is 3.91. The summed E-state index contributed by atoms with van der Waals surface area (Å²) >= 11 is 0. The average Bonchev–Trinajstić information content (AvgIpc) is 3.28. The molecule has 1 aliphatic heterocycles. The molecule has 0 radical (unpaired) electrons. The molecule has 2 aromatic carbocycles. The summed E-state index contributed by atoms with van der Waals surface area (Å²) < 4.78 is 19.0. The highest BCUT2D eigenvalue weighted by Gasteiger charge is 2.19. The molecule has 0 unspecified atom stereocenters. The quantitative estimate of drug-likeness (QED) is 0.434. The Balaban J connectivity index is 1.39. The van der Waals surface area contributed by atoms with E-state index in [-0.39, 0.29) is 11.7 Å². The number of aromatic amines is 1. The van der Waals surface area contributed by atoms with Crippen LogP contribution in [0.25, 0.3) is 22.3 Å². The molecule has 33 heavy (non-hydrogen) atoms. The first-order valence-electron chi connectivity index (χ1n) is 10.7. The zero-order valence-corrected chi connectivity index (χ0v) is 18.1. The minimum absolute atomic E-state index is 0.0154. The van der Waals surface area contributed by atoms with Gasteiger partial charge in [0, 0.05) is 42.6 Å². The lowest BCUT2D eigenvalue weighted by Crippen LogP contribution is -2.46. The summed E-state index contributed by atoms with van der Waals surface area (Å²) in [5, 5.41) is 7.22. The van der Waals surface area contributed by atoms with Crippen LogP contribution in [-0.2, 0) is 0 Å². The van der Waals surface area contributed by atoms with Gasteiger partial charge in [-0.25, -0.2) is 9.37 Å². The number of amides is 1. The maximum absolute atomic E-state index is 13.5. The normalized spacial score (nSPS) is 13.8. The van der Waals surface area contributed by atoms with Crippen LogP contribution in [0.1, 0.15) is 10.4 Å². The third-order valence-electron chi connectivity index (χ3n) is 5.61. The number of hydrogen-bond acceptors (Lipinski definition) is 6. The van der Waals surface area contributed by atoms with E-state index in [1.54, 1.807) is 43.8 Å². The van der Waals surface area contributed by atoms with E-state index in [0.29, 0.717) is 41.6 Å². The average molecular weight is 446 g/mol. The molecular formula is C24H23FN6O2. The Hall–Kier alpha value is -3.98. The van der Waals surface area contributed by atoms with Crippen LogP contribution in [0.15, 0.2) is 54.9 Å². The molecule has 0 atom stereocenters. The number of anilines is 2. The molecule has 8 nitrogen and oxygen atoms in total. The van der Waals surface area contributed by atoms with Crippen LogP contribution in [-0.4, -0.2) is 59.0 Å². The topological polar surface area (TPSA) is 95.2 Å². The maximum Gasteiger partial charge on any atom is 0.254 e. The Bertz CT molecular complexity index is 1320. The maximum atomic E-state index is 13.5. The predicted molar refractivity (Wildman–Crippen MR) is 124 cm³/mol. The van der Waals surface area contributed by atoms with Crippen LogP contribution in [0.4, 0.5) is 15.9 Å². The molecule has 3 N–H and O–H groups in total. The Morgan fingerprint density at radius 2 is 1.97 bits per heavy atom. The number of fused-ring (bicyclic) bond motifs is 1. The van der Waals surface area contributed by atoms with Crippen molar-refractivity contribution in [2.45, 2.75) is 0 Å². The number of hydrogen-bond donors (Lipinski definition) is 3. The van der Waals surface area contributed by atoms with E-state index in [1.165, 1.54) is 12.1 Å². The van der Waals surface area contributed by atoms with Crippen LogP contribution < -0.4 is 15.4 Å². The number of nitrogens with one attached hydrogen (secondary N) is 3. The van der Waals surface area contributed by atoms with Gasteiger partial charge in [0.2, 0.25) is 0 Å².